The normalized spacial score (nSPS) is 11.0. The molecule has 0 fully saturated rings. The first kappa shape index (κ1) is 18.4. The maximum atomic E-state index is 10.9. The average molecular weight is 358 g/mol. The van der Waals surface area contributed by atoms with E-state index in [2.05, 4.69) is 36.2 Å². The summed E-state index contributed by atoms with van der Waals surface area (Å²) in [5.74, 6) is 0. The lowest BCUT2D eigenvalue weighted by atomic mass is 9.72. The molecule has 27 heavy (non-hydrogen) atoms. The second-order valence-electron chi connectivity index (χ2n) is 6.46. The molecule has 0 aliphatic heterocycles. The van der Waals surface area contributed by atoms with Gasteiger partial charge in [-0.05, 0) is 29.7 Å². The Bertz CT molecular complexity index is 851. The number of rotatable bonds is 8. The summed E-state index contributed by atoms with van der Waals surface area (Å²) in [5.41, 5.74) is 3.05. The minimum Gasteiger partial charge on any atom is -0.384 e. The van der Waals surface area contributed by atoms with Crippen molar-refractivity contribution in [3.05, 3.63) is 119 Å². The lowest BCUT2D eigenvalue weighted by molar-refractivity contribution is -0.384. The fraction of sp³-hybridized carbons (Fsp3) is 0.130. The van der Waals surface area contributed by atoms with Crippen molar-refractivity contribution in [2.45, 2.75) is 11.8 Å². The molecule has 0 aliphatic rings. The number of nitrogens with one attached hydrogen (secondary N) is 1. The highest BCUT2D eigenvalue weighted by atomic mass is 16.6. The number of non-ortho nitro benzene ring substituents is 1. The van der Waals surface area contributed by atoms with Crippen LogP contribution in [0.25, 0.3) is 0 Å². The summed E-state index contributed by atoms with van der Waals surface area (Å²) < 4.78 is 0. The Hall–Kier alpha value is -3.40. The van der Waals surface area contributed by atoms with E-state index in [0.717, 1.165) is 12.1 Å². The third-order valence-electron chi connectivity index (χ3n) is 4.82. The first-order valence-corrected chi connectivity index (χ1v) is 8.86. The smallest absolute Gasteiger partial charge is 0.269 e. The Morgan fingerprint density at radius 1 is 0.889 bits per heavy atom. The number of anilines is 1. The molecule has 3 aromatic rings. The van der Waals surface area contributed by atoms with Crippen LogP contribution in [0.3, 0.4) is 0 Å². The highest BCUT2D eigenvalue weighted by Crippen LogP contribution is 2.36. The van der Waals surface area contributed by atoms with E-state index in [0.29, 0.717) is 6.54 Å². The maximum Gasteiger partial charge on any atom is 0.269 e. The van der Waals surface area contributed by atoms with Crippen LogP contribution in [-0.2, 0) is 5.41 Å². The van der Waals surface area contributed by atoms with Gasteiger partial charge in [0.05, 0.1) is 4.92 Å². The summed E-state index contributed by atoms with van der Waals surface area (Å²) in [6.07, 6.45) is 2.71. The summed E-state index contributed by atoms with van der Waals surface area (Å²) in [4.78, 5) is 10.5. The Morgan fingerprint density at radius 3 is 1.85 bits per heavy atom. The molecule has 0 heterocycles. The number of hydrogen-bond acceptors (Lipinski definition) is 3. The number of benzene rings is 3. The Balaban J connectivity index is 1.96. The predicted octanol–water partition coefficient (Wildman–Crippen LogP) is 5.57. The fourth-order valence-corrected chi connectivity index (χ4v) is 3.39. The SMILES string of the molecule is C=CCC(CNc1ccc([N+](=O)[O-])cc1)(c1ccccc1)c1ccccc1. The molecule has 0 amide bonds. The molecule has 136 valence electrons. The lowest BCUT2D eigenvalue weighted by Crippen LogP contribution is -2.35. The van der Waals surface area contributed by atoms with Gasteiger partial charge in [-0.3, -0.25) is 10.1 Å². The van der Waals surface area contributed by atoms with Crippen LogP contribution in [-0.4, -0.2) is 11.5 Å². The van der Waals surface area contributed by atoms with Gasteiger partial charge in [0.25, 0.3) is 5.69 Å². The summed E-state index contributed by atoms with van der Waals surface area (Å²) in [7, 11) is 0. The van der Waals surface area contributed by atoms with Crippen molar-refractivity contribution in [3.63, 3.8) is 0 Å². The first-order valence-electron chi connectivity index (χ1n) is 8.86. The highest BCUT2D eigenvalue weighted by molar-refractivity contribution is 5.51. The summed E-state index contributed by atoms with van der Waals surface area (Å²) in [5, 5.41) is 14.3. The van der Waals surface area contributed by atoms with Crippen molar-refractivity contribution in [1.29, 1.82) is 0 Å². The number of nitro groups is 1. The average Bonchev–Trinajstić information content (AvgIpc) is 2.73. The molecular formula is C23H22N2O2. The molecule has 0 spiro atoms. The lowest BCUT2D eigenvalue weighted by Gasteiger charge is -2.35. The Labute approximate surface area is 159 Å². The summed E-state index contributed by atoms with van der Waals surface area (Å²) in [6.45, 7) is 4.62. The van der Waals surface area contributed by atoms with Crippen molar-refractivity contribution < 1.29 is 4.92 Å². The van der Waals surface area contributed by atoms with Crippen LogP contribution in [0.15, 0.2) is 97.6 Å². The van der Waals surface area contributed by atoms with Crippen LogP contribution in [0.2, 0.25) is 0 Å². The zero-order chi connectivity index (χ0) is 19.1. The van der Waals surface area contributed by atoms with Crippen molar-refractivity contribution in [3.8, 4) is 0 Å². The van der Waals surface area contributed by atoms with Crippen LogP contribution in [0, 0.1) is 10.1 Å². The van der Waals surface area contributed by atoms with Gasteiger partial charge in [-0.1, -0.05) is 66.7 Å². The molecular weight excluding hydrogens is 336 g/mol. The molecule has 3 aromatic carbocycles. The zero-order valence-corrected chi connectivity index (χ0v) is 15.0. The van der Waals surface area contributed by atoms with Gasteiger partial charge in [0, 0.05) is 29.8 Å². The maximum absolute atomic E-state index is 10.9. The molecule has 0 bridgehead atoms. The zero-order valence-electron chi connectivity index (χ0n) is 15.0. The standard InChI is InChI=1S/C23H22N2O2/c1-2-17-23(19-9-5-3-6-10-19,20-11-7-4-8-12-20)18-24-21-13-15-22(16-14-21)25(26)27/h2-16,24H,1,17-18H2. The third-order valence-corrected chi connectivity index (χ3v) is 4.82. The van der Waals surface area contributed by atoms with E-state index in [1.807, 2.05) is 42.5 Å². The second-order valence-corrected chi connectivity index (χ2v) is 6.46. The molecule has 0 aromatic heterocycles. The topological polar surface area (TPSA) is 55.2 Å². The van der Waals surface area contributed by atoms with Gasteiger partial charge in [-0.15, -0.1) is 6.58 Å². The van der Waals surface area contributed by atoms with Crippen molar-refractivity contribution in [1.82, 2.24) is 0 Å². The fourth-order valence-electron chi connectivity index (χ4n) is 3.39. The van der Waals surface area contributed by atoms with E-state index in [1.54, 1.807) is 12.1 Å². The van der Waals surface area contributed by atoms with Crippen LogP contribution in [0.5, 0.6) is 0 Å². The van der Waals surface area contributed by atoms with E-state index in [1.165, 1.54) is 23.3 Å². The monoisotopic (exact) mass is 358 g/mol. The van der Waals surface area contributed by atoms with Gasteiger partial charge in [-0.25, -0.2) is 0 Å². The molecule has 0 unspecified atom stereocenters. The van der Waals surface area contributed by atoms with Crippen molar-refractivity contribution >= 4 is 11.4 Å². The van der Waals surface area contributed by atoms with Gasteiger partial charge >= 0.3 is 0 Å². The van der Waals surface area contributed by atoms with Gasteiger partial charge < -0.3 is 5.32 Å². The molecule has 0 atom stereocenters. The van der Waals surface area contributed by atoms with Gasteiger partial charge in [-0.2, -0.15) is 0 Å². The minimum absolute atomic E-state index is 0.0871. The number of allylic oxidation sites excluding steroid dienone is 1. The van der Waals surface area contributed by atoms with Crippen LogP contribution < -0.4 is 5.32 Å². The molecule has 0 saturated heterocycles. The Morgan fingerprint density at radius 2 is 1.41 bits per heavy atom. The molecule has 1 N–H and O–H groups in total. The second kappa shape index (κ2) is 8.32. The van der Waals surface area contributed by atoms with Crippen LogP contribution in [0.1, 0.15) is 17.5 Å². The van der Waals surface area contributed by atoms with Crippen LogP contribution >= 0.6 is 0 Å². The van der Waals surface area contributed by atoms with E-state index in [-0.39, 0.29) is 16.0 Å². The molecule has 3 rings (SSSR count). The van der Waals surface area contributed by atoms with E-state index >= 15 is 0 Å². The quantitative estimate of drug-likeness (QED) is 0.325. The molecule has 4 nitrogen and oxygen atoms in total. The van der Waals surface area contributed by atoms with Gasteiger partial charge in [0.1, 0.15) is 0 Å². The third kappa shape index (κ3) is 4.06. The van der Waals surface area contributed by atoms with Gasteiger partial charge in [0.2, 0.25) is 0 Å². The van der Waals surface area contributed by atoms with E-state index in [4.69, 9.17) is 0 Å². The molecule has 0 aliphatic carbocycles. The molecule has 0 radical (unpaired) electrons. The molecule has 0 saturated carbocycles. The number of hydrogen-bond donors (Lipinski definition) is 1. The Kier molecular flexibility index (Phi) is 5.67. The minimum atomic E-state index is -0.389. The summed E-state index contributed by atoms with van der Waals surface area (Å²) >= 11 is 0. The number of nitrogens with zero attached hydrogens (tertiary/aromatic N) is 1. The van der Waals surface area contributed by atoms with Crippen LogP contribution in [0.4, 0.5) is 11.4 Å². The summed E-state index contributed by atoms with van der Waals surface area (Å²) in [6, 6.07) is 27.2. The highest BCUT2D eigenvalue weighted by Gasteiger charge is 2.32. The van der Waals surface area contributed by atoms with E-state index in [9.17, 15) is 10.1 Å². The van der Waals surface area contributed by atoms with Crippen molar-refractivity contribution in [2.24, 2.45) is 0 Å². The van der Waals surface area contributed by atoms with Crippen molar-refractivity contribution in [2.75, 3.05) is 11.9 Å². The largest absolute Gasteiger partial charge is 0.384 e. The predicted molar refractivity (Wildman–Crippen MR) is 110 cm³/mol. The van der Waals surface area contributed by atoms with Gasteiger partial charge in [0.15, 0.2) is 0 Å². The van der Waals surface area contributed by atoms with E-state index < -0.39 is 0 Å². The number of nitro benzene ring substituents is 1. The first-order chi connectivity index (χ1) is 13.2. The molecule has 4 heteroatoms.